The predicted molar refractivity (Wildman–Crippen MR) is 71.6 cm³/mol. The number of rotatable bonds is 9. The van der Waals surface area contributed by atoms with Crippen LogP contribution in [0.3, 0.4) is 0 Å². The zero-order valence-electron chi connectivity index (χ0n) is 10.7. The summed E-state index contributed by atoms with van der Waals surface area (Å²) in [7, 11) is 0. The number of aliphatic imine (C=N–C) groups is 1. The SMILES string of the molecule is C=CN=C/C(=C\C)CCNC(=O)CCCC(=O)O. The quantitative estimate of drug-likeness (QED) is 0.615. The molecule has 0 fully saturated rings. The first-order valence-corrected chi connectivity index (χ1v) is 5.88. The Bertz CT molecular complexity index is 346. The smallest absolute Gasteiger partial charge is 0.303 e. The van der Waals surface area contributed by atoms with E-state index in [9.17, 15) is 9.59 Å². The number of carboxylic acid groups (broad SMARTS) is 1. The molecule has 0 heterocycles. The maximum Gasteiger partial charge on any atom is 0.303 e. The highest BCUT2D eigenvalue weighted by molar-refractivity contribution is 5.79. The number of nitrogens with one attached hydrogen (secondary N) is 1. The molecule has 5 heteroatoms. The standard InChI is InChI=1S/C13H20N2O3/c1-3-11(10-14-4-2)8-9-15-12(16)6-5-7-13(17)18/h3-4,10H,2,5-9H2,1H3,(H,15,16)(H,17,18)/b11-3-,14-10?. The number of allylic oxidation sites excluding steroid dienone is 1. The van der Waals surface area contributed by atoms with Crippen LogP contribution in [0, 0.1) is 0 Å². The normalized spacial score (nSPS) is 11.5. The van der Waals surface area contributed by atoms with Crippen LogP contribution in [0.5, 0.6) is 0 Å². The lowest BCUT2D eigenvalue weighted by Gasteiger charge is -2.04. The summed E-state index contributed by atoms with van der Waals surface area (Å²) in [6.45, 7) is 5.91. The van der Waals surface area contributed by atoms with E-state index in [0.29, 0.717) is 19.4 Å². The Balaban J connectivity index is 3.76. The molecule has 0 aliphatic rings. The zero-order valence-corrected chi connectivity index (χ0v) is 10.7. The molecular weight excluding hydrogens is 232 g/mol. The lowest BCUT2D eigenvalue weighted by molar-refractivity contribution is -0.137. The number of nitrogens with zero attached hydrogens (tertiary/aromatic N) is 1. The summed E-state index contributed by atoms with van der Waals surface area (Å²) in [5, 5.41) is 11.2. The summed E-state index contributed by atoms with van der Waals surface area (Å²) in [4.78, 5) is 25.5. The summed E-state index contributed by atoms with van der Waals surface area (Å²) >= 11 is 0. The molecule has 0 spiro atoms. The average molecular weight is 252 g/mol. The molecule has 0 aromatic carbocycles. The second-order valence-electron chi connectivity index (χ2n) is 3.67. The molecule has 0 aliphatic heterocycles. The first kappa shape index (κ1) is 16.1. The van der Waals surface area contributed by atoms with Gasteiger partial charge in [-0.2, -0.15) is 0 Å². The van der Waals surface area contributed by atoms with Crippen molar-refractivity contribution >= 4 is 18.1 Å². The van der Waals surface area contributed by atoms with Crippen LogP contribution in [-0.4, -0.2) is 29.7 Å². The Hall–Kier alpha value is -1.91. The van der Waals surface area contributed by atoms with Crippen molar-refractivity contribution in [2.75, 3.05) is 6.54 Å². The highest BCUT2D eigenvalue weighted by Crippen LogP contribution is 1.98. The molecule has 0 bridgehead atoms. The Morgan fingerprint density at radius 2 is 2.06 bits per heavy atom. The van der Waals surface area contributed by atoms with Crippen LogP contribution in [0.1, 0.15) is 32.6 Å². The van der Waals surface area contributed by atoms with Gasteiger partial charge in [-0.05, 0) is 25.3 Å². The minimum absolute atomic E-state index is 0.0273. The van der Waals surface area contributed by atoms with Crippen LogP contribution in [0.25, 0.3) is 0 Å². The Morgan fingerprint density at radius 1 is 1.33 bits per heavy atom. The molecule has 0 saturated carbocycles. The molecule has 0 rings (SSSR count). The molecule has 100 valence electrons. The number of amides is 1. The minimum atomic E-state index is -0.875. The van der Waals surface area contributed by atoms with E-state index in [1.807, 2.05) is 13.0 Å². The molecule has 0 saturated heterocycles. The van der Waals surface area contributed by atoms with Gasteiger partial charge >= 0.3 is 5.97 Å². The maximum atomic E-state index is 11.3. The second kappa shape index (κ2) is 10.3. The van der Waals surface area contributed by atoms with Gasteiger partial charge in [0.15, 0.2) is 0 Å². The fourth-order valence-electron chi connectivity index (χ4n) is 1.27. The van der Waals surface area contributed by atoms with Crippen LogP contribution in [-0.2, 0) is 9.59 Å². The van der Waals surface area contributed by atoms with E-state index >= 15 is 0 Å². The van der Waals surface area contributed by atoms with E-state index in [2.05, 4.69) is 16.9 Å². The zero-order chi connectivity index (χ0) is 13.8. The summed E-state index contributed by atoms with van der Waals surface area (Å²) < 4.78 is 0. The Kier molecular flexibility index (Phi) is 9.17. The van der Waals surface area contributed by atoms with Crippen molar-refractivity contribution in [3.8, 4) is 0 Å². The highest BCUT2D eigenvalue weighted by atomic mass is 16.4. The molecule has 0 atom stereocenters. The second-order valence-corrected chi connectivity index (χ2v) is 3.67. The largest absolute Gasteiger partial charge is 0.481 e. The minimum Gasteiger partial charge on any atom is -0.481 e. The average Bonchev–Trinajstić information content (AvgIpc) is 2.33. The van der Waals surface area contributed by atoms with E-state index in [4.69, 9.17) is 5.11 Å². The summed E-state index contributed by atoms with van der Waals surface area (Å²) in [5.74, 6) is -0.994. The van der Waals surface area contributed by atoms with Crippen LogP contribution in [0.15, 0.2) is 29.4 Å². The molecule has 0 aromatic heterocycles. The van der Waals surface area contributed by atoms with Crippen LogP contribution >= 0.6 is 0 Å². The van der Waals surface area contributed by atoms with Gasteiger partial charge in [-0.15, -0.1) is 0 Å². The lowest BCUT2D eigenvalue weighted by Crippen LogP contribution is -2.24. The molecular formula is C13H20N2O3. The molecule has 0 aliphatic carbocycles. The lowest BCUT2D eigenvalue weighted by atomic mass is 10.2. The fourth-order valence-corrected chi connectivity index (χ4v) is 1.27. The molecule has 18 heavy (non-hydrogen) atoms. The van der Waals surface area contributed by atoms with Gasteiger partial charge in [0, 0.05) is 31.8 Å². The molecule has 5 nitrogen and oxygen atoms in total. The summed E-state index contributed by atoms with van der Waals surface area (Å²) in [6.07, 6.45) is 6.41. The van der Waals surface area contributed by atoms with E-state index in [-0.39, 0.29) is 18.7 Å². The van der Waals surface area contributed by atoms with E-state index in [1.165, 1.54) is 6.20 Å². The van der Waals surface area contributed by atoms with Crippen molar-refractivity contribution in [1.82, 2.24) is 5.32 Å². The van der Waals surface area contributed by atoms with Crippen molar-refractivity contribution in [3.63, 3.8) is 0 Å². The van der Waals surface area contributed by atoms with Crippen LogP contribution in [0.4, 0.5) is 0 Å². The van der Waals surface area contributed by atoms with Crippen molar-refractivity contribution in [3.05, 3.63) is 24.4 Å². The summed E-state index contributed by atoms with van der Waals surface area (Å²) in [5.41, 5.74) is 1.01. The number of aliphatic carboxylic acids is 1. The molecule has 2 N–H and O–H groups in total. The first-order valence-electron chi connectivity index (χ1n) is 5.88. The van der Waals surface area contributed by atoms with Gasteiger partial charge in [-0.3, -0.25) is 14.6 Å². The van der Waals surface area contributed by atoms with Gasteiger partial charge in [-0.25, -0.2) is 0 Å². The maximum absolute atomic E-state index is 11.3. The van der Waals surface area contributed by atoms with Gasteiger partial charge in [0.25, 0.3) is 0 Å². The third-order valence-corrected chi connectivity index (χ3v) is 2.25. The predicted octanol–water partition coefficient (Wildman–Crippen LogP) is 1.91. The van der Waals surface area contributed by atoms with Gasteiger partial charge in [0.05, 0.1) is 0 Å². The molecule has 0 aromatic rings. The van der Waals surface area contributed by atoms with Crippen molar-refractivity contribution in [1.29, 1.82) is 0 Å². The topological polar surface area (TPSA) is 78.8 Å². The van der Waals surface area contributed by atoms with Crippen LogP contribution in [0.2, 0.25) is 0 Å². The van der Waals surface area contributed by atoms with Crippen molar-refractivity contribution in [2.24, 2.45) is 4.99 Å². The van der Waals surface area contributed by atoms with E-state index in [1.54, 1.807) is 6.21 Å². The highest BCUT2D eigenvalue weighted by Gasteiger charge is 2.03. The third kappa shape index (κ3) is 9.33. The number of carbonyl (C=O) groups is 2. The van der Waals surface area contributed by atoms with Gasteiger partial charge < -0.3 is 10.4 Å². The van der Waals surface area contributed by atoms with Gasteiger partial charge in [0.2, 0.25) is 5.91 Å². The monoisotopic (exact) mass is 252 g/mol. The number of carbonyl (C=O) groups excluding carboxylic acids is 1. The first-order chi connectivity index (χ1) is 8.60. The Labute approximate surface area is 107 Å². The summed E-state index contributed by atoms with van der Waals surface area (Å²) in [6, 6.07) is 0. The van der Waals surface area contributed by atoms with Crippen molar-refractivity contribution < 1.29 is 14.7 Å². The number of hydrogen-bond donors (Lipinski definition) is 2. The van der Waals surface area contributed by atoms with Gasteiger partial charge in [-0.1, -0.05) is 12.7 Å². The molecule has 0 radical (unpaired) electrons. The third-order valence-electron chi connectivity index (χ3n) is 2.25. The van der Waals surface area contributed by atoms with E-state index < -0.39 is 5.97 Å². The van der Waals surface area contributed by atoms with E-state index in [0.717, 1.165) is 5.57 Å². The molecule has 0 unspecified atom stereocenters. The number of carboxylic acids is 1. The number of hydrogen-bond acceptors (Lipinski definition) is 3. The Morgan fingerprint density at radius 3 is 2.61 bits per heavy atom. The molecule has 1 amide bonds. The van der Waals surface area contributed by atoms with Crippen LogP contribution < -0.4 is 5.32 Å². The van der Waals surface area contributed by atoms with Gasteiger partial charge in [0.1, 0.15) is 0 Å². The fraction of sp³-hybridized carbons (Fsp3) is 0.462. The van der Waals surface area contributed by atoms with Crippen molar-refractivity contribution in [2.45, 2.75) is 32.6 Å².